The van der Waals surface area contributed by atoms with Gasteiger partial charge in [-0.2, -0.15) is 0 Å². The topological polar surface area (TPSA) is 0 Å². The largest absolute Gasteiger partial charge is 0.0616 e. The van der Waals surface area contributed by atoms with Crippen molar-refractivity contribution in [2.24, 2.45) is 0 Å². The first kappa shape index (κ1) is 15.2. The van der Waals surface area contributed by atoms with Gasteiger partial charge in [0.25, 0.3) is 0 Å². The predicted octanol–water partition coefficient (Wildman–Crippen LogP) is 3.85. The van der Waals surface area contributed by atoms with Crippen LogP contribution in [-0.4, -0.2) is 37.7 Å². The van der Waals surface area contributed by atoms with Gasteiger partial charge in [-0.1, -0.05) is 72.8 Å². The molecule has 0 aliphatic carbocycles. The van der Waals surface area contributed by atoms with Crippen molar-refractivity contribution >= 4 is 70.0 Å². The number of hydrogen-bond acceptors (Lipinski definition) is 0. The molecule has 4 rings (SSSR count). The molecule has 0 bridgehead atoms. The van der Waals surface area contributed by atoms with Gasteiger partial charge in [0.1, 0.15) is 0 Å². The maximum absolute atomic E-state index is 2.21. The third-order valence-electron chi connectivity index (χ3n) is 3.65. The molecule has 4 aromatic carbocycles. The summed E-state index contributed by atoms with van der Waals surface area (Å²) in [7, 11) is 0. The third-order valence-corrected chi connectivity index (χ3v) is 3.65. The molecule has 0 heterocycles. The molecule has 0 atom stereocenters. The number of hydrogen-bond donors (Lipinski definition) is 0. The van der Waals surface area contributed by atoms with Gasteiger partial charge < -0.3 is 0 Å². The summed E-state index contributed by atoms with van der Waals surface area (Å²) < 4.78 is 0. The van der Waals surface area contributed by atoms with E-state index in [9.17, 15) is 0 Å². The first-order valence-corrected chi connectivity index (χ1v) is 6.23. The minimum atomic E-state index is 0. The van der Waals surface area contributed by atoms with Crippen molar-refractivity contribution in [3.05, 3.63) is 72.8 Å². The Bertz CT molecular complexity index is 661. The third kappa shape index (κ3) is 2.20. The Balaban J connectivity index is 0.000000735. The van der Waals surface area contributed by atoms with E-state index in [4.69, 9.17) is 0 Å². The van der Waals surface area contributed by atoms with Gasteiger partial charge >= 0.3 is 37.7 Å². The average Bonchev–Trinajstić information content (AvgIpc) is 2.48. The van der Waals surface area contributed by atoms with Gasteiger partial charge in [-0.3, -0.25) is 0 Å². The van der Waals surface area contributed by atoms with Crippen molar-refractivity contribution in [1.29, 1.82) is 0 Å². The summed E-state index contributed by atoms with van der Waals surface area (Å²) in [5, 5.41) is 8.04. The molecule has 0 saturated heterocycles. The Morgan fingerprint density at radius 3 is 0.600 bits per heavy atom. The molecule has 0 N–H and O–H groups in total. The number of rotatable bonds is 0. The van der Waals surface area contributed by atoms with Gasteiger partial charge in [0.15, 0.2) is 0 Å². The van der Waals surface area contributed by atoms with Crippen LogP contribution in [0.5, 0.6) is 0 Å². The average molecular weight is 244 g/mol. The molecule has 0 radical (unpaired) electrons. The molecule has 20 heavy (non-hydrogen) atoms. The van der Waals surface area contributed by atoms with Crippen molar-refractivity contribution in [2.75, 3.05) is 0 Å². The van der Waals surface area contributed by atoms with Crippen LogP contribution in [0.4, 0.5) is 0 Å². The molecule has 0 nitrogen and oxygen atoms in total. The Labute approximate surface area is 142 Å². The van der Waals surface area contributed by atoms with E-state index in [0.717, 1.165) is 0 Å². The molecule has 0 unspecified atom stereocenters. The molecule has 0 fully saturated rings. The van der Waals surface area contributed by atoms with E-state index < -0.39 is 0 Å². The summed E-state index contributed by atoms with van der Waals surface area (Å²) in [5.41, 5.74) is 0. The normalized spacial score (nSPS) is 10.2. The van der Waals surface area contributed by atoms with Crippen LogP contribution in [0.2, 0.25) is 0 Å². The van der Waals surface area contributed by atoms with Gasteiger partial charge in [0, 0.05) is 0 Å². The van der Waals surface area contributed by atoms with E-state index in [2.05, 4.69) is 72.8 Å². The molecule has 0 saturated carbocycles. The number of benzene rings is 4. The zero-order valence-electron chi connectivity index (χ0n) is 9.93. The van der Waals surface area contributed by atoms with Gasteiger partial charge in [-0.15, -0.1) is 0 Å². The SMILES string of the molecule is [LiH].[LiH].c1ccc2c(c1)c1ccccc1c1ccccc21. The Kier molecular flexibility index (Phi) is 4.64. The maximum atomic E-state index is 2.21. The fourth-order valence-electron chi connectivity index (χ4n) is 2.86. The van der Waals surface area contributed by atoms with E-state index in [-0.39, 0.29) is 37.7 Å². The van der Waals surface area contributed by atoms with E-state index in [1.165, 1.54) is 32.3 Å². The zero-order valence-corrected chi connectivity index (χ0v) is 9.93. The maximum Gasteiger partial charge on any atom is -0.00990 e. The van der Waals surface area contributed by atoms with Gasteiger partial charge in [0.05, 0.1) is 0 Å². The summed E-state index contributed by atoms with van der Waals surface area (Å²) in [6.07, 6.45) is 0. The van der Waals surface area contributed by atoms with Crippen molar-refractivity contribution in [1.82, 2.24) is 0 Å². The molecule has 2 heteroatoms. The molecule has 88 valence electrons. The second-order valence-electron chi connectivity index (χ2n) is 4.64. The summed E-state index contributed by atoms with van der Waals surface area (Å²) in [5.74, 6) is 0. The fourth-order valence-corrected chi connectivity index (χ4v) is 2.86. The predicted molar refractivity (Wildman–Crippen MR) is 93.3 cm³/mol. The Morgan fingerprint density at radius 2 is 0.450 bits per heavy atom. The molecule has 0 aliphatic rings. The zero-order chi connectivity index (χ0) is 11.9. The second-order valence-corrected chi connectivity index (χ2v) is 4.64. The molecule has 0 aliphatic heterocycles. The molecular weight excluding hydrogens is 230 g/mol. The van der Waals surface area contributed by atoms with Crippen LogP contribution in [0.25, 0.3) is 32.3 Å². The van der Waals surface area contributed by atoms with Crippen LogP contribution in [0, 0.1) is 0 Å². The van der Waals surface area contributed by atoms with Crippen LogP contribution in [0.15, 0.2) is 72.8 Å². The Morgan fingerprint density at radius 1 is 0.300 bits per heavy atom. The number of fused-ring (bicyclic) bond motifs is 6. The Hall–Kier alpha value is -1.15. The van der Waals surface area contributed by atoms with Crippen LogP contribution in [0.1, 0.15) is 0 Å². The van der Waals surface area contributed by atoms with Crippen LogP contribution < -0.4 is 0 Å². The summed E-state index contributed by atoms with van der Waals surface area (Å²) >= 11 is 0. The minimum Gasteiger partial charge on any atom is -0.0616 e. The van der Waals surface area contributed by atoms with E-state index in [1.54, 1.807) is 0 Å². The van der Waals surface area contributed by atoms with Gasteiger partial charge in [0.2, 0.25) is 0 Å². The fraction of sp³-hybridized carbons (Fsp3) is 0. The van der Waals surface area contributed by atoms with E-state index in [0.29, 0.717) is 0 Å². The van der Waals surface area contributed by atoms with Crippen molar-refractivity contribution in [3.63, 3.8) is 0 Å². The van der Waals surface area contributed by atoms with E-state index in [1.807, 2.05) is 0 Å². The molecular formula is C18H14Li2. The quantitative estimate of drug-likeness (QED) is 0.325. The minimum absolute atomic E-state index is 0. The van der Waals surface area contributed by atoms with Crippen LogP contribution in [-0.2, 0) is 0 Å². The first-order valence-electron chi connectivity index (χ1n) is 6.23. The second kappa shape index (κ2) is 6.09. The molecule has 4 aromatic rings. The van der Waals surface area contributed by atoms with Crippen LogP contribution in [0.3, 0.4) is 0 Å². The van der Waals surface area contributed by atoms with Crippen molar-refractivity contribution in [2.45, 2.75) is 0 Å². The van der Waals surface area contributed by atoms with Gasteiger partial charge in [-0.25, -0.2) is 0 Å². The monoisotopic (exact) mass is 244 g/mol. The summed E-state index contributed by atoms with van der Waals surface area (Å²) in [6, 6.07) is 26.0. The molecule has 0 amide bonds. The standard InChI is InChI=1S/C18H12.2Li.2H/c1-2-8-14-13(7-1)15-9-3-4-11-17(15)18-12-6-5-10-16(14)18;;;;/h1-12H;;;;. The molecule has 0 spiro atoms. The van der Waals surface area contributed by atoms with Crippen molar-refractivity contribution in [3.8, 4) is 0 Å². The summed E-state index contributed by atoms with van der Waals surface area (Å²) in [6.45, 7) is 0. The molecule has 0 aromatic heterocycles. The van der Waals surface area contributed by atoms with Gasteiger partial charge in [-0.05, 0) is 32.3 Å². The van der Waals surface area contributed by atoms with E-state index >= 15 is 0 Å². The smallest absolute Gasteiger partial charge is 0.00990 e. The summed E-state index contributed by atoms with van der Waals surface area (Å²) in [4.78, 5) is 0. The first-order chi connectivity index (χ1) is 8.95. The van der Waals surface area contributed by atoms with Crippen molar-refractivity contribution < 1.29 is 0 Å². The van der Waals surface area contributed by atoms with Crippen LogP contribution >= 0.6 is 0 Å².